The van der Waals surface area contributed by atoms with Gasteiger partial charge in [0.05, 0.1) is 23.8 Å². The van der Waals surface area contributed by atoms with Crippen molar-refractivity contribution in [3.05, 3.63) is 81.9 Å². The molecule has 0 saturated heterocycles. The van der Waals surface area contributed by atoms with Crippen LogP contribution in [0.15, 0.2) is 66.7 Å². The second kappa shape index (κ2) is 9.22. The fourth-order valence-electron chi connectivity index (χ4n) is 2.45. The van der Waals surface area contributed by atoms with Crippen LogP contribution in [0.2, 0.25) is 5.02 Å². The predicted molar refractivity (Wildman–Crippen MR) is 117 cm³/mol. The van der Waals surface area contributed by atoms with E-state index in [2.05, 4.69) is 10.6 Å². The number of hydrogen-bond donors (Lipinski definition) is 2. The molecular formula is C20H16ClN3O4S. The molecule has 2 N–H and O–H groups in total. The lowest BCUT2D eigenvalue weighted by atomic mass is 10.2. The zero-order valence-corrected chi connectivity index (χ0v) is 16.8. The van der Waals surface area contributed by atoms with Crippen LogP contribution in [0.1, 0.15) is 0 Å². The number of halogens is 1. The number of non-ortho nitro benzene ring substituents is 1. The lowest BCUT2D eigenvalue weighted by Gasteiger charge is -2.13. The number of nitrogens with one attached hydrogen (secondary N) is 2. The minimum absolute atomic E-state index is 0.136. The smallest absolute Gasteiger partial charge is 0.275 e. The van der Waals surface area contributed by atoms with Crippen LogP contribution in [0.5, 0.6) is 17.2 Å². The van der Waals surface area contributed by atoms with Gasteiger partial charge in [0.2, 0.25) is 0 Å². The van der Waals surface area contributed by atoms with E-state index in [0.29, 0.717) is 27.9 Å². The Morgan fingerprint density at radius 1 is 0.966 bits per heavy atom. The highest BCUT2D eigenvalue weighted by atomic mass is 35.5. The van der Waals surface area contributed by atoms with E-state index in [1.54, 1.807) is 43.5 Å². The van der Waals surface area contributed by atoms with E-state index >= 15 is 0 Å². The van der Waals surface area contributed by atoms with Gasteiger partial charge in [0.1, 0.15) is 17.2 Å². The average Bonchev–Trinajstić information content (AvgIpc) is 2.69. The quantitative estimate of drug-likeness (QED) is 0.288. The zero-order valence-electron chi connectivity index (χ0n) is 15.2. The lowest BCUT2D eigenvalue weighted by molar-refractivity contribution is -0.384. The number of anilines is 2. The van der Waals surface area contributed by atoms with Crippen LogP contribution in [0.4, 0.5) is 17.1 Å². The topological polar surface area (TPSA) is 85.7 Å². The van der Waals surface area contributed by atoms with Gasteiger partial charge in [-0.3, -0.25) is 10.1 Å². The average molecular weight is 430 g/mol. The van der Waals surface area contributed by atoms with Gasteiger partial charge in [0, 0.05) is 28.9 Å². The summed E-state index contributed by atoms with van der Waals surface area (Å²) in [6.45, 7) is 0. The Morgan fingerprint density at radius 3 is 2.34 bits per heavy atom. The van der Waals surface area contributed by atoms with Crippen LogP contribution < -0.4 is 20.1 Å². The zero-order chi connectivity index (χ0) is 20.8. The number of thiocarbonyl (C=S) groups is 1. The third kappa shape index (κ3) is 5.81. The van der Waals surface area contributed by atoms with Gasteiger partial charge in [0.25, 0.3) is 5.69 Å². The Balaban J connectivity index is 1.78. The number of benzene rings is 3. The summed E-state index contributed by atoms with van der Waals surface area (Å²) < 4.78 is 10.9. The van der Waals surface area contributed by atoms with E-state index in [1.165, 1.54) is 12.1 Å². The number of methoxy groups -OCH3 is 1. The van der Waals surface area contributed by atoms with Gasteiger partial charge in [-0.2, -0.15) is 0 Å². The molecule has 148 valence electrons. The maximum Gasteiger partial charge on any atom is 0.275 e. The van der Waals surface area contributed by atoms with Crippen LogP contribution in [-0.4, -0.2) is 17.1 Å². The van der Waals surface area contributed by atoms with E-state index in [4.69, 9.17) is 33.3 Å². The molecule has 0 atom stereocenters. The second-order valence-corrected chi connectivity index (χ2v) is 6.68. The largest absolute Gasteiger partial charge is 0.497 e. The van der Waals surface area contributed by atoms with Crippen molar-refractivity contribution in [1.82, 2.24) is 0 Å². The molecule has 3 aromatic rings. The summed E-state index contributed by atoms with van der Waals surface area (Å²) in [6.07, 6.45) is 0. The van der Waals surface area contributed by atoms with Gasteiger partial charge < -0.3 is 20.1 Å². The Hall–Kier alpha value is -3.36. The molecule has 0 aliphatic heterocycles. The van der Waals surface area contributed by atoms with E-state index in [1.807, 2.05) is 18.2 Å². The number of rotatable bonds is 6. The summed E-state index contributed by atoms with van der Waals surface area (Å²) in [5, 5.41) is 18.1. The molecule has 3 rings (SSSR count). The first-order valence-electron chi connectivity index (χ1n) is 8.38. The Morgan fingerprint density at radius 2 is 1.66 bits per heavy atom. The number of nitro groups is 1. The van der Waals surface area contributed by atoms with E-state index < -0.39 is 4.92 Å². The SMILES string of the molecule is COc1cccc(NC(=S)Nc2cc(Oc3ccc(Cl)cc3)cc([N+](=O)[O-])c2)c1. The number of ether oxygens (including phenoxy) is 2. The Kier molecular flexibility index (Phi) is 6.48. The summed E-state index contributed by atoms with van der Waals surface area (Å²) in [7, 11) is 1.57. The molecule has 29 heavy (non-hydrogen) atoms. The summed E-state index contributed by atoms with van der Waals surface area (Å²) >= 11 is 11.2. The van der Waals surface area contributed by atoms with Crippen LogP contribution in [0.25, 0.3) is 0 Å². The van der Waals surface area contributed by atoms with Crippen LogP contribution in [-0.2, 0) is 0 Å². The summed E-state index contributed by atoms with van der Waals surface area (Å²) in [6, 6.07) is 18.2. The van der Waals surface area contributed by atoms with Crippen molar-refractivity contribution in [3.63, 3.8) is 0 Å². The number of hydrogen-bond acceptors (Lipinski definition) is 5. The fraction of sp³-hybridized carbons (Fsp3) is 0.0500. The monoisotopic (exact) mass is 429 g/mol. The lowest BCUT2D eigenvalue weighted by Crippen LogP contribution is -2.19. The molecule has 0 aromatic heterocycles. The standard InChI is InChI=1S/C20H16ClN3O4S/c1-27-18-4-2-3-14(10-18)22-20(29)23-15-9-16(24(25)26)12-19(11-15)28-17-7-5-13(21)6-8-17/h2-12H,1H3,(H2,22,23,29). The van der Waals surface area contributed by atoms with E-state index in [0.717, 1.165) is 0 Å². The molecule has 0 saturated carbocycles. The molecule has 0 aliphatic rings. The van der Waals surface area contributed by atoms with Crippen molar-refractivity contribution in [2.24, 2.45) is 0 Å². The van der Waals surface area contributed by atoms with Crippen molar-refractivity contribution >= 4 is 46.0 Å². The van der Waals surface area contributed by atoms with Gasteiger partial charge >= 0.3 is 0 Å². The molecule has 0 spiro atoms. The molecule has 0 fully saturated rings. The molecule has 0 bridgehead atoms. The minimum Gasteiger partial charge on any atom is -0.497 e. The van der Waals surface area contributed by atoms with Gasteiger partial charge in [-0.25, -0.2) is 0 Å². The van der Waals surface area contributed by atoms with Crippen molar-refractivity contribution in [1.29, 1.82) is 0 Å². The molecule has 9 heteroatoms. The second-order valence-electron chi connectivity index (χ2n) is 5.84. The minimum atomic E-state index is -0.502. The first-order valence-corrected chi connectivity index (χ1v) is 9.16. The highest BCUT2D eigenvalue weighted by molar-refractivity contribution is 7.80. The van der Waals surface area contributed by atoms with Crippen molar-refractivity contribution < 1.29 is 14.4 Å². The van der Waals surface area contributed by atoms with Crippen LogP contribution >= 0.6 is 23.8 Å². The van der Waals surface area contributed by atoms with Crippen molar-refractivity contribution in [2.45, 2.75) is 0 Å². The molecular weight excluding hydrogens is 414 g/mol. The maximum absolute atomic E-state index is 11.3. The number of nitro benzene ring substituents is 1. The molecule has 0 aliphatic carbocycles. The summed E-state index contributed by atoms with van der Waals surface area (Å²) in [4.78, 5) is 10.8. The first-order chi connectivity index (χ1) is 13.9. The van der Waals surface area contributed by atoms with Crippen LogP contribution in [0, 0.1) is 10.1 Å². The fourth-order valence-corrected chi connectivity index (χ4v) is 2.81. The van der Waals surface area contributed by atoms with Crippen LogP contribution in [0.3, 0.4) is 0 Å². The predicted octanol–water partition coefficient (Wildman–Crippen LogP) is 5.86. The normalized spacial score (nSPS) is 10.1. The molecule has 3 aromatic carbocycles. The van der Waals surface area contributed by atoms with Gasteiger partial charge in [0.15, 0.2) is 5.11 Å². The van der Waals surface area contributed by atoms with E-state index in [9.17, 15) is 10.1 Å². The van der Waals surface area contributed by atoms with Gasteiger partial charge in [-0.1, -0.05) is 17.7 Å². The Bertz CT molecular complexity index is 1040. The summed E-state index contributed by atoms with van der Waals surface area (Å²) in [5.74, 6) is 1.46. The highest BCUT2D eigenvalue weighted by Gasteiger charge is 2.12. The highest BCUT2D eigenvalue weighted by Crippen LogP contribution is 2.30. The molecule has 0 unspecified atom stereocenters. The number of nitrogens with zero attached hydrogens (tertiary/aromatic N) is 1. The molecule has 0 heterocycles. The van der Waals surface area contributed by atoms with Crippen molar-refractivity contribution in [3.8, 4) is 17.2 Å². The van der Waals surface area contributed by atoms with Gasteiger partial charge in [-0.05, 0) is 48.6 Å². The Labute approximate surface area is 177 Å². The summed E-state index contributed by atoms with van der Waals surface area (Å²) in [5.41, 5.74) is 0.983. The molecule has 0 amide bonds. The maximum atomic E-state index is 11.3. The van der Waals surface area contributed by atoms with E-state index in [-0.39, 0.29) is 16.5 Å². The van der Waals surface area contributed by atoms with Crippen molar-refractivity contribution in [2.75, 3.05) is 17.7 Å². The third-order valence-corrected chi connectivity index (χ3v) is 4.19. The molecule has 0 radical (unpaired) electrons. The first kappa shape index (κ1) is 20.4. The third-order valence-electron chi connectivity index (χ3n) is 3.74. The van der Waals surface area contributed by atoms with Gasteiger partial charge in [-0.15, -0.1) is 0 Å². The molecule has 7 nitrogen and oxygen atoms in total.